The second kappa shape index (κ2) is 10.4. The second-order valence-corrected chi connectivity index (χ2v) is 6.93. The number of hydrogen-bond donors (Lipinski definition) is 0. The Balaban J connectivity index is 0.00000312. The van der Waals surface area contributed by atoms with Crippen molar-refractivity contribution < 1.29 is 9.53 Å². The summed E-state index contributed by atoms with van der Waals surface area (Å²) in [4.78, 5) is 14.6. The van der Waals surface area contributed by atoms with Crippen LogP contribution in [0.1, 0.15) is 37.7 Å². The Kier molecular flexibility index (Phi) is 8.95. The highest BCUT2D eigenvalue weighted by molar-refractivity contribution is 5.87. The number of rotatable bonds is 7. The van der Waals surface area contributed by atoms with Crippen molar-refractivity contribution in [3.05, 3.63) is 54.6 Å². The smallest absolute Gasteiger partial charge is 0.331 e. The molecule has 1 aromatic carbocycles. The first-order chi connectivity index (χ1) is 11.6. The van der Waals surface area contributed by atoms with Crippen molar-refractivity contribution in [3.8, 4) is 0 Å². The van der Waals surface area contributed by atoms with Crippen LogP contribution in [0.4, 0.5) is 0 Å². The van der Waals surface area contributed by atoms with Crippen molar-refractivity contribution in [2.45, 2.75) is 37.7 Å². The summed E-state index contributed by atoms with van der Waals surface area (Å²) in [7, 11) is 4.15. The standard InChI is InChI=1S/C21H29NO2.ClH/c1-4-15-21(16-9-8-12-19(21)17-22(2)3)24-20(23)14-13-18-10-6-5-7-11-18;/h4-7,10-11,13-14,19H,1,8-9,12,15-17H2,2-3H3;1H/b14-13-;. The number of benzene rings is 1. The van der Waals surface area contributed by atoms with Crippen molar-refractivity contribution in [2.24, 2.45) is 5.92 Å². The topological polar surface area (TPSA) is 29.5 Å². The average molecular weight is 364 g/mol. The first kappa shape index (κ1) is 21.5. The summed E-state index contributed by atoms with van der Waals surface area (Å²) in [6, 6.07) is 9.82. The molecule has 4 heteroatoms. The lowest BCUT2D eigenvalue weighted by atomic mass is 9.73. The lowest BCUT2D eigenvalue weighted by molar-refractivity contribution is -0.165. The molecule has 2 rings (SSSR count). The molecule has 1 aliphatic carbocycles. The van der Waals surface area contributed by atoms with Crippen LogP contribution in [0.5, 0.6) is 0 Å². The van der Waals surface area contributed by atoms with Gasteiger partial charge in [-0.1, -0.05) is 42.8 Å². The van der Waals surface area contributed by atoms with E-state index in [9.17, 15) is 4.79 Å². The normalized spacial score (nSPS) is 23.2. The minimum atomic E-state index is -0.414. The molecule has 0 N–H and O–H groups in total. The van der Waals surface area contributed by atoms with Gasteiger partial charge in [-0.3, -0.25) is 0 Å². The summed E-state index contributed by atoms with van der Waals surface area (Å²) >= 11 is 0. The molecule has 0 heterocycles. The first-order valence-electron chi connectivity index (χ1n) is 8.77. The maximum Gasteiger partial charge on any atom is 0.331 e. The molecule has 0 aliphatic heterocycles. The van der Waals surface area contributed by atoms with Gasteiger partial charge in [0, 0.05) is 25.0 Å². The van der Waals surface area contributed by atoms with Crippen LogP contribution in [0.25, 0.3) is 6.08 Å². The Hall–Kier alpha value is -1.58. The molecule has 138 valence electrons. The molecule has 0 bridgehead atoms. The summed E-state index contributed by atoms with van der Waals surface area (Å²) in [5.74, 6) is 0.0969. The zero-order valence-corrected chi connectivity index (χ0v) is 16.1. The highest BCUT2D eigenvalue weighted by atomic mass is 35.5. The fourth-order valence-corrected chi connectivity index (χ4v) is 3.63. The van der Waals surface area contributed by atoms with Gasteiger partial charge in [0.05, 0.1) is 0 Å². The Labute approximate surface area is 158 Å². The molecular weight excluding hydrogens is 334 g/mol. The maximum atomic E-state index is 12.4. The van der Waals surface area contributed by atoms with Crippen LogP contribution < -0.4 is 0 Å². The van der Waals surface area contributed by atoms with Crippen LogP contribution in [0.2, 0.25) is 0 Å². The highest BCUT2D eigenvalue weighted by Gasteiger charge is 2.43. The van der Waals surface area contributed by atoms with E-state index in [4.69, 9.17) is 4.74 Å². The van der Waals surface area contributed by atoms with Crippen molar-refractivity contribution in [1.82, 2.24) is 4.90 Å². The molecule has 2 unspecified atom stereocenters. The monoisotopic (exact) mass is 363 g/mol. The molecule has 25 heavy (non-hydrogen) atoms. The Morgan fingerprint density at radius 2 is 2.04 bits per heavy atom. The molecule has 1 saturated carbocycles. The maximum absolute atomic E-state index is 12.4. The number of halogens is 1. The van der Waals surface area contributed by atoms with Crippen LogP contribution in [-0.4, -0.2) is 37.1 Å². The zero-order valence-electron chi connectivity index (χ0n) is 15.3. The average Bonchev–Trinajstić information content (AvgIpc) is 2.56. The van der Waals surface area contributed by atoms with Gasteiger partial charge >= 0.3 is 5.97 Å². The van der Waals surface area contributed by atoms with Gasteiger partial charge in [-0.2, -0.15) is 0 Å². The van der Waals surface area contributed by atoms with Crippen LogP contribution in [0.3, 0.4) is 0 Å². The van der Waals surface area contributed by atoms with E-state index in [0.29, 0.717) is 5.92 Å². The van der Waals surface area contributed by atoms with Gasteiger partial charge in [-0.15, -0.1) is 19.0 Å². The third-order valence-corrected chi connectivity index (χ3v) is 4.74. The first-order valence-corrected chi connectivity index (χ1v) is 8.77. The van der Waals surface area contributed by atoms with E-state index in [1.54, 1.807) is 6.08 Å². The second-order valence-electron chi connectivity index (χ2n) is 6.93. The molecule has 0 saturated heterocycles. The molecule has 2 atom stereocenters. The Morgan fingerprint density at radius 3 is 2.68 bits per heavy atom. The fourth-order valence-electron chi connectivity index (χ4n) is 3.63. The Morgan fingerprint density at radius 1 is 1.32 bits per heavy atom. The van der Waals surface area contributed by atoms with Crippen LogP contribution in [0.15, 0.2) is 49.1 Å². The SMILES string of the molecule is C=CCC1(OC(=O)/C=C\c2ccccc2)CCCCC1CN(C)C.Cl. The minimum Gasteiger partial charge on any atom is -0.455 e. The zero-order chi connectivity index (χ0) is 17.4. The number of ether oxygens (including phenoxy) is 1. The summed E-state index contributed by atoms with van der Waals surface area (Å²) in [5, 5.41) is 0. The molecule has 0 radical (unpaired) electrons. The van der Waals surface area contributed by atoms with Crippen molar-refractivity contribution >= 4 is 24.5 Å². The van der Waals surface area contributed by atoms with E-state index in [1.807, 2.05) is 42.5 Å². The van der Waals surface area contributed by atoms with E-state index >= 15 is 0 Å². The van der Waals surface area contributed by atoms with Gasteiger partial charge in [0.2, 0.25) is 0 Å². The van der Waals surface area contributed by atoms with E-state index in [2.05, 4.69) is 25.6 Å². The van der Waals surface area contributed by atoms with E-state index in [-0.39, 0.29) is 18.4 Å². The van der Waals surface area contributed by atoms with Crippen LogP contribution >= 0.6 is 12.4 Å². The van der Waals surface area contributed by atoms with Gasteiger partial charge < -0.3 is 9.64 Å². The molecule has 0 aromatic heterocycles. The number of carbonyl (C=O) groups excluding carboxylic acids is 1. The fraction of sp³-hybridized carbons (Fsp3) is 0.476. The van der Waals surface area contributed by atoms with Gasteiger partial charge in [0.25, 0.3) is 0 Å². The van der Waals surface area contributed by atoms with E-state index in [0.717, 1.165) is 37.8 Å². The molecular formula is C21H30ClNO2. The number of hydrogen-bond acceptors (Lipinski definition) is 3. The van der Waals surface area contributed by atoms with Crippen LogP contribution in [0, 0.1) is 5.92 Å². The summed E-state index contributed by atoms with van der Waals surface area (Å²) in [6.07, 6.45) is 10.3. The Bertz CT molecular complexity index is 571. The number of nitrogens with zero attached hydrogens (tertiary/aromatic N) is 1. The largest absolute Gasteiger partial charge is 0.455 e. The van der Waals surface area contributed by atoms with E-state index < -0.39 is 5.60 Å². The summed E-state index contributed by atoms with van der Waals surface area (Å²) in [6.45, 7) is 4.83. The van der Waals surface area contributed by atoms with Crippen molar-refractivity contribution in [2.75, 3.05) is 20.6 Å². The van der Waals surface area contributed by atoms with Crippen molar-refractivity contribution in [1.29, 1.82) is 0 Å². The predicted octanol–water partition coefficient (Wildman–Crippen LogP) is 4.73. The quantitative estimate of drug-likeness (QED) is 0.398. The van der Waals surface area contributed by atoms with Crippen molar-refractivity contribution in [3.63, 3.8) is 0 Å². The van der Waals surface area contributed by atoms with Gasteiger partial charge in [-0.25, -0.2) is 4.79 Å². The molecule has 0 spiro atoms. The van der Waals surface area contributed by atoms with Crippen LogP contribution in [-0.2, 0) is 9.53 Å². The predicted molar refractivity (Wildman–Crippen MR) is 107 cm³/mol. The van der Waals surface area contributed by atoms with Gasteiger partial charge in [-0.05, 0) is 45.0 Å². The minimum absolute atomic E-state index is 0. The number of esters is 1. The van der Waals surface area contributed by atoms with Gasteiger partial charge in [0.15, 0.2) is 0 Å². The van der Waals surface area contributed by atoms with E-state index in [1.165, 1.54) is 6.42 Å². The third kappa shape index (κ3) is 6.33. The third-order valence-electron chi connectivity index (χ3n) is 4.74. The molecule has 1 aromatic rings. The molecule has 1 aliphatic rings. The van der Waals surface area contributed by atoms with Gasteiger partial charge in [0.1, 0.15) is 5.60 Å². The summed E-state index contributed by atoms with van der Waals surface area (Å²) in [5.41, 5.74) is 0.586. The number of carbonyl (C=O) groups is 1. The molecule has 3 nitrogen and oxygen atoms in total. The lowest BCUT2D eigenvalue weighted by Crippen LogP contribution is -2.48. The highest BCUT2D eigenvalue weighted by Crippen LogP contribution is 2.40. The molecule has 1 fully saturated rings. The molecule has 0 amide bonds. The summed E-state index contributed by atoms with van der Waals surface area (Å²) < 4.78 is 6.03. The lowest BCUT2D eigenvalue weighted by Gasteiger charge is -2.44.